The van der Waals surface area contributed by atoms with Gasteiger partial charge >= 0.3 is 170 Å². The maximum absolute atomic E-state index is 12.8. The molecule has 0 aromatic heterocycles. The molecule has 1 unspecified atom stereocenters. The Kier molecular flexibility index (Phi) is 7.16. The standard InChI is InChI=1S/C12H15O4.C10H15.Ru/c1-3-8-16-11(12(14)15-2)10(13)9-6-4-5-7-9;1-7-6-10(4,5)9(3)8(7)2;/h4,6,11H,3,7-8H2,1-2H3;1-5H3;. The molecule has 0 amide bonds. The molecule has 0 aliphatic heterocycles. The molecule has 2 aliphatic carbocycles. The summed E-state index contributed by atoms with van der Waals surface area (Å²) in [6, 6.07) is 0. The zero-order valence-electron chi connectivity index (χ0n) is 17.3. The molecule has 1 atom stereocenters. The average molecular weight is 460 g/mol. The van der Waals surface area contributed by atoms with E-state index in [1.807, 2.05) is 13.0 Å². The number of Topliss-reactive ketones (excluding diaryl/α,β-unsaturated/α-hetero) is 1. The molecule has 4 nitrogen and oxygen atoms in total. The summed E-state index contributed by atoms with van der Waals surface area (Å²) in [5.74, 6) is -0.898. The summed E-state index contributed by atoms with van der Waals surface area (Å²) in [4.78, 5) is 24.7. The average Bonchev–Trinajstić information content (AvgIpc) is 3.16. The van der Waals surface area contributed by atoms with E-state index in [4.69, 9.17) is 9.47 Å². The van der Waals surface area contributed by atoms with Crippen molar-refractivity contribution in [2.45, 2.75) is 60.5 Å². The third kappa shape index (κ3) is 4.41. The van der Waals surface area contributed by atoms with Gasteiger partial charge in [0.25, 0.3) is 0 Å². The van der Waals surface area contributed by atoms with E-state index < -0.39 is 12.1 Å². The number of carbonyl (C=O) groups is 2. The second-order valence-electron chi connectivity index (χ2n) is 7.49. The monoisotopic (exact) mass is 460 g/mol. The van der Waals surface area contributed by atoms with Gasteiger partial charge in [0, 0.05) is 0 Å². The van der Waals surface area contributed by atoms with E-state index in [-0.39, 0.29) is 28.3 Å². The van der Waals surface area contributed by atoms with Gasteiger partial charge in [-0.1, -0.05) is 0 Å². The normalized spacial score (nSPS) is 20.1. The molecule has 0 fully saturated rings. The van der Waals surface area contributed by atoms with Gasteiger partial charge in [-0.15, -0.1) is 0 Å². The van der Waals surface area contributed by atoms with Crippen LogP contribution >= 0.6 is 0 Å². The topological polar surface area (TPSA) is 52.6 Å². The molecule has 0 aromatic carbocycles. The fourth-order valence-corrected chi connectivity index (χ4v) is 6.16. The van der Waals surface area contributed by atoms with Gasteiger partial charge in [0.05, 0.1) is 0 Å². The van der Waals surface area contributed by atoms with Crippen LogP contribution in [0, 0.1) is 5.41 Å². The fourth-order valence-electron chi connectivity index (χ4n) is 3.31. The van der Waals surface area contributed by atoms with Crippen molar-refractivity contribution in [3.05, 3.63) is 42.8 Å². The molecule has 0 bridgehead atoms. The molecular weight excluding hydrogens is 429 g/mol. The Labute approximate surface area is 170 Å². The summed E-state index contributed by atoms with van der Waals surface area (Å²) in [5.41, 5.74) is 4.95. The Morgan fingerprint density at radius 2 is 1.85 bits per heavy atom. The Hall–Kier alpha value is -1.32. The molecule has 150 valence electrons. The van der Waals surface area contributed by atoms with Crippen LogP contribution in [0.1, 0.15) is 54.4 Å². The van der Waals surface area contributed by atoms with Crippen molar-refractivity contribution in [1.29, 1.82) is 0 Å². The number of ketones is 1. The van der Waals surface area contributed by atoms with Crippen LogP contribution in [0.25, 0.3) is 0 Å². The zero-order chi connectivity index (χ0) is 20.4. The summed E-state index contributed by atoms with van der Waals surface area (Å²) >= 11 is -0.118. The van der Waals surface area contributed by atoms with Crippen molar-refractivity contribution < 1.29 is 36.2 Å². The van der Waals surface area contributed by atoms with Crippen LogP contribution in [0.2, 0.25) is 0 Å². The van der Waals surface area contributed by atoms with Crippen LogP contribution in [-0.4, -0.2) is 31.6 Å². The number of ether oxygens (including phenoxy) is 2. The van der Waals surface area contributed by atoms with Crippen molar-refractivity contribution >= 4 is 11.8 Å². The molecule has 0 saturated heterocycles. The number of esters is 1. The number of allylic oxidation sites excluding steroid dienone is 7. The summed E-state index contributed by atoms with van der Waals surface area (Å²) in [6.07, 6.45) is 4.09. The fraction of sp³-hybridized carbons (Fsp3) is 0.545. The van der Waals surface area contributed by atoms with Crippen molar-refractivity contribution in [2.75, 3.05) is 13.7 Å². The van der Waals surface area contributed by atoms with E-state index in [2.05, 4.69) is 40.7 Å². The number of hydrogen-bond acceptors (Lipinski definition) is 4. The first-order valence-electron chi connectivity index (χ1n) is 9.30. The summed E-state index contributed by atoms with van der Waals surface area (Å²) < 4.78 is 13.0. The van der Waals surface area contributed by atoms with Gasteiger partial charge < -0.3 is 0 Å². The second-order valence-corrected chi connectivity index (χ2v) is 9.91. The van der Waals surface area contributed by atoms with Crippen LogP contribution in [0.3, 0.4) is 0 Å². The molecule has 0 heterocycles. The van der Waals surface area contributed by atoms with Crippen molar-refractivity contribution in [3.63, 3.8) is 0 Å². The Balaban J connectivity index is 2.08. The van der Waals surface area contributed by atoms with Crippen LogP contribution in [0.5, 0.6) is 0 Å². The van der Waals surface area contributed by atoms with Crippen LogP contribution in [-0.2, 0) is 36.2 Å². The van der Waals surface area contributed by atoms with E-state index in [1.165, 1.54) is 32.2 Å². The maximum atomic E-state index is 12.8. The zero-order valence-corrected chi connectivity index (χ0v) is 19.1. The third-order valence-electron chi connectivity index (χ3n) is 5.39. The van der Waals surface area contributed by atoms with Crippen molar-refractivity contribution in [3.8, 4) is 0 Å². The van der Waals surface area contributed by atoms with Gasteiger partial charge in [0.15, 0.2) is 0 Å². The molecule has 5 heteroatoms. The van der Waals surface area contributed by atoms with Crippen LogP contribution in [0.15, 0.2) is 42.8 Å². The van der Waals surface area contributed by atoms with E-state index in [0.717, 1.165) is 6.42 Å². The van der Waals surface area contributed by atoms with E-state index in [0.29, 0.717) is 18.6 Å². The van der Waals surface area contributed by atoms with E-state index >= 15 is 0 Å². The van der Waals surface area contributed by atoms with Crippen molar-refractivity contribution in [1.82, 2.24) is 0 Å². The van der Waals surface area contributed by atoms with Crippen LogP contribution in [0.4, 0.5) is 0 Å². The predicted octanol–water partition coefficient (Wildman–Crippen LogP) is 4.47. The number of methoxy groups -OCH3 is 1. The predicted molar refractivity (Wildman–Crippen MR) is 103 cm³/mol. The molecule has 2 aliphatic rings. The van der Waals surface area contributed by atoms with Gasteiger partial charge in [0.1, 0.15) is 0 Å². The molecule has 27 heavy (non-hydrogen) atoms. The summed E-state index contributed by atoms with van der Waals surface area (Å²) in [5, 5.41) is 0. The third-order valence-corrected chi connectivity index (χ3v) is 8.72. The summed E-state index contributed by atoms with van der Waals surface area (Å²) in [6.45, 7) is 13.5. The van der Waals surface area contributed by atoms with Crippen LogP contribution < -0.4 is 0 Å². The van der Waals surface area contributed by atoms with E-state index in [9.17, 15) is 9.59 Å². The molecule has 0 saturated carbocycles. The van der Waals surface area contributed by atoms with E-state index in [1.54, 1.807) is 0 Å². The first kappa shape index (κ1) is 22.0. The Morgan fingerprint density at radius 3 is 2.37 bits per heavy atom. The van der Waals surface area contributed by atoms with Gasteiger partial charge in [-0.05, 0) is 0 Å². The molecule has 0 radical (unpaired) electrons. The molecular formula is C22H30O4Ru. The quantitative estimate of drug-likeness (QED) is 0.305. The SMILES string of the molecule is CCCOC(C(=O)OC)C(=O)C1=CC=[C]([Ru][C]2=C(C)C(C)=C(C)C2(C)C)C1. The van der Waals surface area contributed by atoms with Gasteiger partial charge in [-0.25, -0.2) is 0 Å². The minimum absolute atomic E-state index is 0.0822. The number of carbonyl (C=O) groups excluding carboxylic acids is 2. The molecule has 0 N–H and O–H groups in total. The molecule has 0 aromatic rings. The Morgan fingerprint density at radius 1 is 1.19 bits per heavy atom. The number of rotatable bonds is 8. The minimum atomic E-state index is -1.15. The second kappa shape index (κ2) is 8.79. The first-order chi connectivity index (χ1) is 12.6. The van der Waals surface area contributed by atoms with Gasteiger partial charge in [0.2, 0.25) is 0 Å². The van der Waals surface area contributed by atoms with Gasteiger partial charge in [-0.3, -0.25) is 0 Å². The molecule has 0 spiro atoms. The first-order valence-corrected chi connectivity index (χ1v) is 11.0. The molecule has 2 rings (SSSR count). The Bertz CT molecular complexity index is 765. The van der Waals surface area contributed by atoms with Gasteiger partial charge in [-0.2, -0.15) is 0 Å². The van der Waals surface area contributed by atoms with Crippen molar-refractivity contribution in [2.24, 2.45) is 5.41 Å². The summed E-state index contributed by atoms with van der Waals surface area (Å²) in [7, 11) is 1.28. The number of hydrogen-bond donors (Lipinski definition) is 0.